The van der Waals surface area contributed by atoms with Crippen molar-refractivity contribution in [2.24, 2.45) is 0 Å². The largest absolute Gasteiger partial charge is 0.469 e. The Morgan fingerprint density at radius 1 is 0.543 bits per heavy atom. The standard InChI is InChI=1S/C37H71O8P/c1-3-5-7-9-11-13-15-16-17-18-19-20-22-24-26-28-30-32-37(39)45-35(34-44-46(40,41)42)33-43-36(38)31-29-27-25-23-21-14-12-10-8-6-4-2/h16-17,35H,3-15,18-34H2,1-2H3,(H2,40,41,42)/b17-16+/t35-/m1/s1. The molecular formula is C37H71O8P. The fraction of sp³-hybridized carbons (Fsp3) is 0.892. The fourth-order valence-corrected chi connectivity index (χ4v) is 5.79. The predicted octanol–water partition coefficient (Wildman–Crippen LogP) is 11.1. The van der Waals surface area contributed by atoms with Crippen molar-refractivity contribution in [3.63, 3.8) is 0 Å². The zero-order valence-electron chi connectivity index (χ0n) is 29.7. The minimum Gasteiger partial charge on any atom is -0.462 e. The first kappa shape index (κ1) is 44.8. The lowest BCUT2D eigenvalue weighted by atomic mass is 10.1. The van der Waals surface area contributed by atoms with Gasteiger partial charge in [0.2, 0.25) is 0 Å². The third kappa shape index (κ3) is 35.6. The summed E-state index contributed by atoms with van der Waals surface area (Å²) in [7, 11) is -4.74. The summed E-state index contributed by atoms with van der Waals surface area (Å²) in [5, 5.41) is 0. The average molecular weight is 675 g/mol. The molecule has 8 nitrogen and oxygen atoms in total. The zero-order chi connectivity index (χ0) is 34.0. The highest BCUT2D eigenvalue weighted by atomic mass is 31.2. The molecule has 0 fully saturated rings. The SMILES string of the molecule is CCCCCCCC/C=C/CCCCCCCCCC(=O)O[C@H](COC(=O)CCCCCCCCCCCCC)COP(=O)(O)O. The molecule has 0 spiro atoms. The normalized spacial score (nSPS) is 12.5. The van der Waals surface area contributed by atoms with Crippen molar-refractivity contribution >= 4 is 19.8 Å². The third-order valence-corrected chi connectivity index (χ3v) is 8.77. The lowest BCUT2D eigenvalue weighted by Crippen LogP contribution is -2.29. The minimum absolute atomic E-state index is 0.211. The zero-order valence-corrected chi connectivity index (χ0v) is 30.6. The topological polar surface area (TPSA) is 119 Å². The van der Waals surface area contributed by atoms with E-state index in [1.165, 1.54) is 116 Å². The van der Waals surface area contributed by atoms with Crippen molar-refractivity contribution in [2.75, 3.05) is 13.2 Å². The highest BCUT2D eigenvalue weighted by Crippen LogP contribution is 2.36. The second kappa shape index (κ2) is 33.7. The molecule has 0 aliphatic carbocycles. The smallest absolute Gasteiger partial charge is 0.462 e. The summed E-state index contributed by atoms with van der Waals surface area (Å²) in [5.41, 5.74) is 0. The molecule has 2 N–H and O–H groups in total. The number of phosphoric acid groups is 1. The number of esters is 2. The molecule has 9 heteroatoms. The molecular weight excluding hydrogens is 603 g/mol. The van der Waals surface area contributed by atoms with Gasteiger partial charge in [0, 0.05) is 12.8 Å². The van der Waals surface area contributed by atoms with Gasteiger partial charge in [-0.05, 0) is 38.5 Å². The summed E-state index contributed by atoms with van der Waals surface area (Å²) >= 11 is 0. The molecule has 0 amide bonds. The molecule has 46 heavy (non-hydrogen) atoms. The van der Waals surface area contributed by atoms with Crippen LogP contribution in [0.15, 0.2) is 12.2 Å². The summed E-state index contributed by atoms with van der Waals surface area (Å²) in [6, 6.07) is 0. The van der Waals surface area contributed by atoms with E-state index in [1.54, 1.807) is 0 Å². The average Bonchev–Trinajstić information content (AvgIpc) is 3.02. The van der Waals surface area contributed by atoms with Gasteiger partial charge in [0.1, 0.15) is 6.61 Å². The van der Waals surface area contributed by atoms with E-state index in [2.05, 4.69) is 30.5 Å². The maximum atomic E-state index is 12.3. The second-order valence-corrected chi connectivity index (χ2v) is 14.1. The van der Waals surface area contributed by atoms with Crippen LogP contribution in [0.1, 0.15) is 194 Å². The molecule has 0 unspecified atom stereocenters. The van der Waals surface area contributed by atoms with E-state index in [-0.39, 0.29) is 19.4 Å². The van der Waals surface area contributed by atoms with Gasteiger partial charge >= 0.3 is 19.8 Å². The van der Waals surface area contributed by atoms with Crippen LogP contribution in [0.2, 0.25) is 0 Å². The highest BCUT2D eigenvalue weighted by Gasteiger charge is 2.22. The maximum absolute atomic E-state index is 12.3. The van der Waals surface area contributed by atoms with E-state index in [9.17, 15) is 14.2 Å². The minimum atomic E-state index is -4.74. The number of allylic oxidation sites excluding steroid dienone is 2. The summed E-state index contributed by atoms with van der Waals surface area (Å²) < 4.78 is 26.3. The van der Waals surface area contributed by atoms with Crippen molar-refractivity contribution in [3.05, 3.63) is 12.2 Å². The Labute approximate surface area is 282 Å². The maximum Gasteiger partial charge on any atom is 0.469 e. The van der Waals surface area contributed by atoms with Gasteiger partial charge in [-0.1, -0.05) is 154 Å². The molecule has 0 bridgehead atoms. The first-order valence-corrected chi connectivity index (χ1v) is 20.5. The predicted molar refractivity (Wildman–Crippen MR) is 189 cm³/mol. The molecule has 0 heterocycles. The van der Waals surface area contributed by atoms with E-state index in [0.29, 0.717) is 6.42 Å². The van der Waals surface area contributed by atoms with Crippen LogP contribution in [0, 0.1) is 0 Å². The van der Waals surface area contributed by atoms with E-state index in [4.69, 9.17) is 19.3 Å². The quantitative estimate of drug-likeness (QED) is 0.0295. The van der Waals surface area contributed by atoms with Crippen LogP contribution >= 0.6 is 7.82 Å². The molecule has 0 aromatic heterocycles. The monoisotopic (exact) mass is 674 g/mol. The van der Waals surface area contributed by atoms with E-state index < -0.39 is 32.5 Å². The number of phosphoric ester groups is 1. The van der Waals surface area contributed by atoms with Crippen LogP contribution in [0.5, 0.6) is 0 Å². The van der Waals surface area contributed by atoms with Crippen molar-refractivity contribution in [2.45, 2.75) is 200 Å². The molecule has 272 valence electrons. The third-order valence-electron chi connectivity index (χ3n) is 8.28. The Bertz CT molecular complexity index is 766. The second-order valence-electron chi connectivity index (χ2n) is 12.9. The summed E-state index contributed by atoms with van der Waals surface area (Å²) in [6.45, 7) is 3.67. The molecule has 0 saturated heterocycles. The molecule has 0 aromatic carbocycles. The number of hydrogen-bond donors (Lipinski definition) is 2. The Morgan fingerprint density at radius 2 is 0.913 bits per heavy atom. The van der Waals surface area contributed by atoms with Crippen LogP contribution in [0.25, 0.3) is 0 Å². The number of unbranched alkanes of at least 4 members (excludes halogenated alkanes) is 23. The van der Waals surface area contributed by atoms with E-state index >= 15 is 0 Å². The molecule has 0 rings (SSSR count). The van der Waals surface area contributed by atoms with Gasteiger partial charge in [0.25, 0.3) is 0 Å². The Hall–Kier alpha value is -1.21. The van der Waals surface area contributed by atoms with Gasteiger partial charge in [-0.15, -0.1) is 0 Å². The van der Waals surface area contributed by atoms with E-state index in [0.717, 1.165) is 44.9 Å². The van der Waals surface area contributed by atoms with Gasteiger partial charge < -0.3 is 19.3 Å². The molecule has 0 aliphatic heterocycles. The number of rotatable bonds is 35. The Morgan fingerprint density at radius 3 is 1.33 bits per heavy atom. The molecule has 0 saturated carbocycles. The first-order valence-electron chi connectivity index (χ1n) is 19.0. The van der Waals surface area contributed by atoms with Crippen LogP contribution in [-0.2, 0) is 28.2 Å². The Balaban J connectivity index is 3.93. The summed E-state index contributed by atoms with van der Waals surface area (Å²) in [6.07, 6.45) is 35.0. The molecule has 0 aromatic rings. The van der Waals surface area contributed by atoms with Gasteiger partial charge in [-0.25, -0.2) is 4.57 Å². The molecule has 0 aliphatic rings. The van der Waals surface area contributed by atoms with Crippen LogP contribution < -0.4 is 0 Å². The first-order chi connectivity index (χ1) is 22.3. The van der Waals surface area contributed by atoms with Crippen LogP contribution in [-0.4, -0.2) is 41.0 Å². The Kier molecular flexibility index (Phi) is 32.8. The van der Waals surface area contributed by atoms with Gasteiger partial charge in [-0.3, -0.25) is 14.1 Å². The number of carbonyl (C=O) groups excluding carboxylic acids is 2. The lowest BCUT2D eigenvalue weighted by molar-refractivity contribution is -0.161. The van der Waals surface area contributed by atoms with Crippen molar-refractivity contribution < 1.29 is 37.9 Å². The van der Waals surface area contributed by atoms with Gasteiger partial charge in [-0.2, -0.15) is 0 Å². The molecule has 0 radical (unpaired) electrons. The van der Waals surface area contributed by atoms with Crippen LogP contribution in [0.3, 0.4) is 0 Å². The van der Waals surface area contributed by atoms with Crippen molar-refractivity contribution in [3.8, 4) is 0 Å². The number of carbonyl (C=O) groups is 2. The van der Waals surface area contributed by atoms with Crippen molar-refractivity contribution in [1.82, 2.24) is 0 Å². The highest BCUT2D eigenvalue weighted by molar-refractivity contribution is 7.46. The van der Waals surface area contributed by atoms with Crippen molar-refractivity contribution in [1.29, 1.82) is 0 Å². The van der Waals surface area contributed by atoms with Gasteiger partial charge in [0.15, 0.2) is 6.10 Å². The van der Waals surface area contributed by atoms with Gasteiger partial charge in [0.05, 0.1) is 6.61 Å². The fourth-order valence-electron chi connectivity index (χ4n) is 5.43. The summed E-state index contributed by atoms with van der Waals surface area (Å²) in [5.74, 6) is -0.884. The van der Waals surface area contributed by atoms with E-state index in [1.807, 2.05) is 0 Å². The molecule has 1 atom stereocenters. The lowest BCUT2D eigenvalue weighted by Gasteiger charge is -2.18. The summed E-state index contributed by atoms with van der Waals surface area (Å²) in [4.78, 5) is 42.6. The van der Waals surface area contributed by atoms with Crippen LogP contribution in [0.4, 0.5) is 0 Å². The number of ether oxygens (including phenoxy) is 2. The number of hydrogen-bond acceptors (Lipinski definition) is 6.